The van der Waals surface area contributed by atoms with Crippen LogP contribution in [0.3, 0.4) is 0 Å². The molecular formula is C17H14FNO. The zero-order valence-corrected chi connectivity index (χ0v) is 11.1. The Kier molecular flexibility index (Phi) is 3.11. The van der Waals surface area contributed by atoms with Crippen LogP contribution in [0, 0.1) is 12.7 Å². The third-order valence-corrected chi connectivity index (χ3v) is 3.46. The second-order valence-corrected chi connectivity index (χ2v) is 4.90. The molecule has 0 N–H and O–H groups in total. The average molecular weight is 267 g/mol. The summed E-state index contributed by atoms with van der Waals surface area (Å²) < 4.78 is 14.9. The van der Waals surface area contributed by atoms with Gasteiger partial charge in [-0.25, -0.2) is 4.39 Å². The van der Waals surface area contributed by atoms with E-state index in [1.165, 1.54) is 12.1 Å². The monoisotopic (exact) mass is 267 g/mol. The summed E-state index contributed by atoms with van der Waals surface area (Å²) in [7, 11) is 0. The van der Waals surface area contributed by atoms with Crippen LogP contribution in [0.4, 0.5) is 4.39 Å². The zero-order chi connectivity index (χ0) is 14.1. The van der Waals surface area contributed by atoms with Gasteiger partial charge in [-0.05, 0) is 36.2 Å². The maximum absolute atomic E-state index is 13.3. The van der Waals surface area contributed by atoms with E-state index in [4.69, 9.17) is 0 Å². The molecule has 0 spiro atoms. The standard InChI is InChI=1S/C17H14FNO/c1-12-9-17(20)19(16-8-3-2-7-15(12)16)11-13-5-4-6-14(18)10-13/h2-10H,11H2,1H3. The van der Waals surface area contributed by atoms with E-state index in [-0.39, 0.29) is 11.4 Å². The van der Waals surface area contributed by atoms with Crippen LogP contribution in [0.15, 0.2) is 59.4 Å². The second kappa shape index (κ2) is 4.93. The molecule has 0 saturated heterocycles. The third kappa shape index (κ3) is 2.23. The molecular weight excluding hydrogens is 253 g/mol. The van der Waals surface area contributed by atoms with Crippen molar-refractivity contribution in [3.05, 3.63) is 81.9 Å². The molecule has 1 heterocycles. The summed E-state index contributed by atoms with van der Waals surface area (Å²) in [4.78, 5) is 12.2. The quantitative estimate of drug-likeness (QED) is 0.696. The minimum Gasteiger partial charge on any atom is -0.304 e. The van der Waals surface area contributed by atoms with E-state index in [1.54, 1.807) is 16.7 Å². The van der Waals surface area contributed by atoms with Crippen molar-refractivity contribution in [2.24, 2.45) is 0 Å². The Balaban J connectivity index is 2.19. The highest BCUT2D eigenvalue weighted by Gasteiger charge is 2.06. The lowest BCUT2D eigenvalue weighted by molar-refractivity contribution is 0.623. The van der Waals surface area contributed by atoms with Gasteiger partial charge >= 0.3 is 0 Å². The zero-order valence-electron chi connectivity index (χ0n) is 11.1. The maximum atomic E-state index is 13.3. The molecule has 0 amide bonds. The van der Waals surface area contributed by atoms with E-state index in [1.807, 2.05) is 37.3 Å². The van der Waals surface area contributed by atoms with Gasteiger partial charge in [0.2, 0.25) is 0 Å². The first-order chi connectivity index (χ1) is 9.65. The van der Waals surface area contributed by atoms with Crippen molar-refractivity contribution in [3.63, 3.8) is 0 Å². The molecule has 0 aliphatic carbocycles. The Morgan fingerprint density at radius 3 is 2.65 bits per heavy atom. The van der Waals surface area contributed by atoms with Gasteiger partial charge in [0.15, 0.2) is 0 Å². The van der Waals surface area contributed by atoms with Crippen LogP contribution in [0.25, 0.3) is 10.9 Å². The Morgan fingerprint density at radius 2 is 1.85 bits per heavy atom. The molecule has 100 valence electrons. The fraction of sp³-hybridized carbons (Fsp3) is 0.118. The molecule has 0 aliphatic heterocycles. The van der Waals surface area contributed by atoms with Crippen LogP contribution in [0.5, 0.6) is 0 Å². The Bertz CT molecular complexity index is 836. The van der Waals surface area contributed by atoms with Crippen LogP contribution in [0.1, 0.15) is 11.1 Å². The Labute approximate surface area is 116 Å². The van der Waals surface area contributed by atoms with Gasteiger partial charge < -0.3 is 4.57 Å². The summed E-state index contributed by atoms with van der Waals surface area (Å²) in [5.41, 5.74) is 2.55. The van der Waals surface area contributed by atoms with Gasteiger partial charge in [0, 0.05) is 11.5 Å². The lowest BCUT2D eigenvalue weighted by Crippen LogP contribution is -2.20. The summed E-state index contributed by atoms with van der Waals surface area (Å²) in [6, 6.07) is 15.7. The lowest BCUT2D eigenvalue weighted by Gasteiger charge is -2.12. The first kappa shape index (κ1) is 12.6. The summed E-state index contributed by atoms with van der Waals surface area (Å²) in [6.07, 6.45) is 0. The molecule has 2 nitrogen and oxygen atoms in total. The number of pyridine rings is 1. The molecule has 0 unspecified atom stereocenters. The lowest BCUT2D eigenvalue weighted by atomic mass is 10.1. The Morgan fingerprint density at radius 1 is 1.05 bits per heavy atom. The topological polar surface area (TPSA) is 22.0 Å². The molecule has 0 fully saturated rings. The summed E-state index contributed by atoms with van der Waals surface area (Å²) in [5, 5.41) is 1.04. The van der Waals surface area contributed by atoms with Gasteiger partial charge in [-0.2, -0.15) is 0 Å². The van der Waals surface area contributed by atoms with Crippen molar-refractivity contribution >= 4 is 10.9 Å². The minimum absolute atomic E-state index is 0.0644. The maximum Gasteiger partial charge on any atom is 0.251 e. The van der Waals surface area contributed by atoms with E-state index < -0.39 is 0 Å². The van der Waals surface area contributed by atoms with Crippen molar-refractivity contribution in [1.82, 2.24) is 4.57 Å². The number of benzene rings is 2. The van der Waals surface area contributed by atoms with Gasteiger partial charge in [-0.1, -0.05) is 30.3 Å². The Hall–Kier alpha value is -2.42. The number of fused-ring (bicyclic) bond motifs is 1. The number of halogens is 1. The number of nitrogens with zero attached hydrogens (tertiary/aromatic N) is 1. The van der Waals surface area contributed by atoms with Crippen molar-refractivity contribution in [3.8, 4) is 0 Å². The number of aryl methyl sites for hydroxylation is 1. The van der Waals surface area contributed by atoms with Crippen molar-refractivity contribution in [2.75, 3.05) is 0 Å². The summed E-state index contributed by atoms with van der Waals surface area (Å²) in [6.45, 7) is 2.30. The molecule has 0 bridgehead atoms. The van der Waals surface area contributed by atoms with Crippen LogP contribution in [-0.4, -0.2) is 4.57 Å². The summed E-state index contributed by atoms with van der Waals surface area (Å²) >= 11 is 0. The highest BCUT2D eigenvalue weighted by atomic mass is 19.1. The van der Waals surface area contributed by atoms with Gasteiger partial charge in [0.1, 0.15) is 5.82 Å². The van der Waals surface area contributed by atoms with E-state index in [0.29, 0.717) is 6.54 Å². The normalized spacial score (nSPS) is 10.9. The molecule has 3 aromatic rings. The number of para-hydroxylation sites is 1. The molecule has 3 heteroatoms. The second-order valence-electron chi connectivity index (χ2n) is 4.90. The molecule has 0 radical (unpaired) electrons. The smallest absolute Gasteiger partial charge is 0.251 e. The molecule has 1 aromatic heterocycles. The van der Waals surface area contributed by atoms with E-state index in [9.17, 15) is 9.18 Å². The molecule has 0 aliphatic rings. The predicted molar refractivity (Wildman–Crippen MR) is 78.4 cm³/mol. The fourth-order valence-corrected chi connectivity index (χ4v) is 2.48. The van der Waals surface area contributed by atoms with Crippen LogP contribution < -0.4 is 5.56 Å². The molecule has 0 saturated carbocycles. The number of rotatable bonds is 2. The van der Waals surface area contributed by atoms with E-state index >= 15 is 0 Å². The minimum atomic E-state index is -0.285. The highest BCUT2D eigenvalue weighted by Crippen LogP contribution is 2.17. The van der Waals surface area contributed by atoms with Gasteiger partial charge in [0.25, 0.3) is 5.56 Å². The van der Waals surface area contributed by atoms with E-state index in [2.05, 4.69) is 0 Å². The van der Waals surface area contributed by atoms with Crippen molar-refractivity contribution in [2.45, 2.75) is 13.5 Å². The fourth-order valence-electron chi connectivity index (χ4n) is 2.48. The number of hydrogen-bond donors (Lipinski definition) is 0. The first-order valence-electron chi connectivity index (χ1n) is 6.49. The van der Waals surface area contributed by atoms with Gasteiger partial charge in [-0.15, -0.1) is 0 Å². The van der Waals surface area contributed by atoms with Crippen LogP contribution >= 0.6 is 0 Å². The van der Waals surface area contributed by atoms with E-state index in [0.717, 1.165) is 22.0 Å². The highest BCUT2D eigenvalue weighted by molar-refractivity contribution is 5.82. The summed E-state index contributed by atoms with van der Waals surface area (Å²) in [5.74, 6) is -0.285. The number of hydrogen-bond acceptors (Lipinski definition) is 1. The SMILES string of the molecule is Cc1cc(=O)n(Cc2cccc(F)c2)c2ccccc12. The van der Waals surface area contributed by atoms with Gasteiger partial charge in [-0.3, -0.25) is 4.79 Å². The van der Waals surface area contributed by atoms with Crippen LogP contribution in [0.2, 0.25) is 0 Å². The third-order valence-electron chi connectivity index (χ3n) is 3.46. The average Bonchev–Trinajstić information content (AvgIpc) is 2.43. The number of aromatic nitrogens is 1. The molecule has 0 atom stereocenters. The largest absolute Gasteiger partial charge is 0.304 e. The molecule has 20 heavy (non-hydrogen) atoms. The van der Waals surface area contributed by atoms with Crippen molar-refractivity contribution < 1.29 is 4.39 Å². The first-order valence-corrected chi connectivity index (χ1v) is 6.49. The van der Waals surface area contributed by atoms with Crippen LogP contribution in [-0.2, 0) is 6.54 Å². The molecule has 3 rings (SSSR count). The van der Waals surface area contributed by atoms with Gasteiger partial charge in [0.05, 0.1) is 12.1 Å². The molecule has 2 aromatic carbocycles. The predicted octanol–water partition coefficient (Wildman–Crippen LogP) is 3.50. The van der Waals surface area contributed by atoms with Crippen molar-refractivity contribution in [1.29, 1.82) is 0 Å².